The molecule has 0 bridgehead atoms. The molecule has 2 rings (SSSR count). The van der Waals surface area contributed by atoms with Gasteiger partial charge in [0.25, 0.3) is 5.91 Å². The summed E-state index contributed by atoms with van der Waals surface area (Å²) in [6.45, 7) is 8.01. The van der Waals surface area contributed by atoms with Gasteiger partial charge in [0.05, 0.1) is 34.5 Å². The number of hydrogen-bond acceptors (Lipinski definition) is 4. The summed E-state index contributed by atoms with van der Waals surface area (Å²) in [5, 5.41) is 9.13. The van der Waals surface area contributed by atoms with Gasteiger partial charge in [-0.25, -0.2) is 4.98 Å². The smallest absolute Gasteiger partial charge is 0.256 e. The Morgan fingerprint density at radius 1 is 1.50 bits per heavy atom. The van der Waals surface area contributed by atoms with E-state index >= 15 is 0 Å². The molecule has 0 radical (unpaired) electrons. The zero-order valence-electron chi connectivity index (χ0n) is 11.8. The highest BCUT2D eigenvalue weighted by molar-refractivity contribution is 9.10. The van der Waals surface area contributed by atoms with Crippen molar-refractivity contribution >= 4 is 33.2 Å². The molecule has 7 heteroatoms. The number of thiazole rings is 1. The van der Waals surface area contributed by atoms with Crippen LogP contribution in [0.1, 0.15) is 49.8 Å². The van der Waals surface area contributed by atoms with Gasteiger partial charge in [0.2, 0.25) is 0 Å². The van der Waals surface area contributed by atoms with E-state index in [2.05, 4.69) is 31.3 Å². The maximum absolute atomic E-state index is 12.3. The third kappa shape index (κ3) is 3.09. The quantitative estimate of drug-likeness (QED) is 0.917. The van der Waals surface area contributed by atoms with E-state index in [-0.39, 0.29) is 17.5 Å². The standard InChI is InChI=1S/C13H17BrN4OS/c1-8(10-6-20-7-15-10)17-12(19)9-5-16-18(11(9)14)13(2,3)4/h5-8H,1-4H3,(H,17,19). The van der Waals surface area contributed by atoms with Crippen LogP contribution in [0.5, 0.6) is 0 Å². The highest BCUT2D eigenvalue weighted by Gasteiger charge is 2.23. The van der Waals surface area contributed by atoms with E-state index in [9.17, 15) is 4.79 Å². The number of halogens is 1. The van der Waals surface area contributed by atoms with Gasteiger partial charge in [-0.1, -0.05) is 0 Å². The molecule has 2 aromatic rings. The van der Waals surface area contributed by atoms with Crippen LogP contribution in [0.4, 0.5) is 0 Å². The minimum absolute atomic E-state index is 0.126. The van der Waals surface area contributed by atoms with Crippen LogP contribution < -0.4 is 5.32 Å². The molecule has 1 atom stereocenters. The summed E-state index contributed by atoms with van der Waals surface area (Å²) in [6.07, 6.45) is 1.58. The third-order valence-corrected chi connectivity index (χ3v) is 4.20. The Morgan fingerprint density at radius 2 is 2.20 bits per heavy atom. The van der Waals surface area contributed by atoms with Gasteiger partial charge in [0, 0.05) is 5.38 Å². The summed E-state index contributed by atoms with van der Waals surface area (Å²) >= 11 is 4.97. The second-order valence-electron chi connectivity index (χ2n) is 5.54. The number of nitrogens with one attached hydrogen (secondary N) is 1. The van der Waals surface area contributed by atoms with Crippen molar-refractivity contribution < 1.29 is 4.79 Å². The van der Waals surface area contributed by atoms with Gasteiger partial charge in [-0.05, 0) is 43.6 Å². The average Bonchev–Trinajstić information content (AvgIpc) is 2.95. The van der Waals surface area contributed by atoms with Gasteiger partial charge in [0.15, 0.2) is 0 Å². The molecule has 0 aliphatic rings. The minimum atomic E-state index is -0.183. The molecular formula is C13H17BrN4OS. The monoisotopic (exact) mass is 356 g/mol. The Kier molecular flexibility index (Phi) is 4.29. The van der Waals surface area contributed by atoms with Crippen molar-refractivity contribution in [2.45, 2.75) is 39.3 Å². The maximum atomic E-state index is 12.3. The van der Waals surface area contributed by atoms with Gasteiger partial charge >= 0.3 is 0 Å². The van der Waals surface area contributed by atoms with Crippen LogP contribution in [0, 0.1) is 0 Å². The first-order valence-corrected chi connectivity index (χ1v) is 7.97. The number of rotatable bonds is 3. The van der Waals surface area contributed by atoms with E-state index < -0.39 is 0 Å². The Morgan fingerprint density at radius 3 is 2.70 bits per heavy atom. The van der Waals surface area contributed by atoms with Gasteiger partial charge in [-0.3, -0.25) is 9.48 Å². The fourth-order valence-corrected chi connectivity index (χ4v) is 3.29. The van der Waals surface area contributed by atoms with E-state index in [1.165, 1.54) is 11.3 Å². The maximum Gasteiger partial charge on any atom is 0.256 e. The lowest BCUT2D eigenvalue weighted by atomic mass is 10.1. The van der Waals surface area contributed by atoms with Gasteiger partial charge < -0.3 is 5.32 Å². The Hall–Kier alpha value is -1.21. The van der Waals surface area contributed by atoms with Gasteiger partial charge in [-0.15, -0.1) is 11.3 Å². The average molecular weight is 357 g/mol. The lowest BCUT2D eigenvalue weighted by molar-refractivity contribution is 0.0938. The van der Waals surface area contributed by atoms with Crippen LogP contribution in [-0.2, 0) is 5.54 Å². The van der Waals surface area contributed by atoms with Crippen molar-refractivity contribution in [2.24, 2.45) is 0 Å². The van der Waals surface area contributed by atoms with Crippen LogP contribution >= 0.6 is 27.3 Å². The molecule has 0 saturated heterocycles. The molecule has 1 N–H and O–H groups in total. The first-order chi connectivity index (χ1) is 9.30. The Balaban J connectivity index is 2.16. The van der Waals surface area contributed by atoms with Crippen LogP contribution in [-0.4, -0.2) is 20.7 Å². The summed E-state index contributed by atoms with van der Waals surface area (Å²) in [5.41, 5.74) is 2.97. The Bertz CT molecular complexity index is 600. The van der Waals surface area contributed by atoms with E-state index in [4.69, 9.17) is 0 Å². The van der Waals surface area contributed by atoms with Crippen molar-refractivity contribution in [3.63, 3.8) is 0 Å². The van der Waals surface area contributed by atoms with Crippen molar-refractivity contribution in [3.8, 4) is 0 Å². The molecule has 0 spiro atoms. The van der Waals surface area contributed by atoms with Crippen LogP contribution in [0.2, 0.25) is 0 Å². The van der Waals surface area contributed by atoms with Gasteiger partial charge in [0.1, 0.15) is 4.60 Å². The molecule has 20 heavy (non-hydrogen) atoms. The highest BCUT2D eigenvalue weighted by atomic mass is 79.9. The Labute approximate surface area is 130 Å². The molecule has 1 unspecified atom stereocenters. The topological polar surface area (TPSA) is 59.8 Å². The lowest BCUT2D eigenvalue weighted by Crippen LogP contribution is -2.28. The molecule has 5 nitrogen and oxygen atoms in total. The minimum Gasteiger partial charge on any atom is -0.344 e. The molecule has 108 valence electrons. The number of hydrogen-bond donors (Lipinski definition) is 1. The zero-order chi connectivity index (χ0) is 14.9. The SMILES string of the molecule is CC(NC(=O)c1cnn(C(C)(C)C)c1Br)c1cscn1. The predicted molar refractivity (Wildman–Crippen MR) is 82.9 cm³/mol. The number of amides is 1. The van der Waals surface area contributed by atoms with Crippen molar-refractivity contribution in [3.05, 3.63) is 32.9 Å². The number of aromatic nitrogens is 3. The predicted octanol–water partition coefficient (Wildman–Crippen LogP) is 3.35. The molecule has 0 aliphatic carbocycles. The number of nitrogens with zero attached hydrogens (tertiary/aromatic N) is 3. The molecule has 2 heterocycles. The molecule has 2 aromatic heterocycles. The fraction of sp³-hybridized carbons (Fsp3) is 0.462. The normalized spacial score (nSPS) is 13.2. The zero-order valence-corrected chi connectivity index (χ0v) is 14.2. The largest absolute Gasteiger partial charge is 0.344 e. The first-order valence-electron chi connectivity index (χ1n) is 6.23. The first kappa shape index (κ1) is 15.2. The molecule has 0 aliphatic heterocycles. The lowest BCUT2D eigenvalue weighted by Gasteiger charge is -2.20. The van der Waals surface area contributed by atoms with Crippen molar-refractivity contribution in [1.29, 1.82) is 0 Å². The van der Waals surface area contributed by atoms with Crippen molar-refractivity contribution in [2.75, 3.05) is 0 Å². The van der Waals surface area contributed by atoms with E-state index in [1.54, 1.807) is 16.4 Å². The highest BCUT2D eigenvalue weighted by Crippen LogP contribution is 2.24. The summed E-state index contributed by atoms with van der Waals surface area (Å²) in [4.78, 5) is 16.5. The number of carbonyl (C=O) groups is 1. The third-order valence-electron chi connectivity index (χ3n) is 2.83. The molecule has 1 amide bonds. The van der Waals surface area contributed by atoms with Crippen LogP contribution in [0.15, 0.2) is 21.7 Å². The van der Waals surface area contributed by atoms with Crippen LogP contribution in [0.25, 0.3) is 0 Å². The summed E-state index contributed by atoms with van der Waals surface area (Å²) in [7, 11) is 0. The van der Waals surface area contributed by atoms with E-state index in [1.807, 2.05) is 33.1 Å². The molecule has 0 saturated carbocycles. The molecule has 0 aromatic carbocycles. The second kappa shape index (κ2) is 5.65. The van der Waals surface area contributed by atoms with Gasteiger partial charge in [-0.2, -0.15) is 5.10 Å². The summed E-state index contributed by atoms with van der Waals surface area (Å²) in [6, 6.07) is -0.126. The molecule has 0 fully saturated rings. The second-order valence-corrected chi connectivity index (χ2v) is 7.01. The van der Waals surface area contributed by atoms with E-state index in [0.717, 1.165) is 5.69 Å². The van der Waals surface area contributed by atoms with Crippen molar-refractivity contribution in [1.82, 2.24) is 20.1 Å². The van der Waals surface area contributed by atoms with Crippen LogP contribution in [0.3, 0.4) is 0 Å². The van der Waals surface area contributed by atoms with E-state index in [0.29, 0.717) is 10.2 Å². The number of carbonyl (C=O) groups excluding carboxylic acids is 1. The fourth-order valence-electron chi connectivity index (χ4n) is 1.74. The summed E-state index contributed by atoms with van der Waals surface area (Å²) in [5.74, 6) is -0.159. The summed E-state index contributed by atoms with van der Waals surface area (Å²) < 4.78 is 2.48. The molecular weight excluding hydrogens is 340 g/mol.